The molecule has 4 N–H and O–H groups in total. The molecular weight excluding hydrogens is 1390 g/mol. The summed E-state index contributed by atoms with van der Waals surface area (Å²) in [5.41, 5.74) is 0. The number of rotatable bonds is 81. The largest absolute Gasteiger partial charge is 0.472 e. The van der Waals surface area contributed by atoms with Crippen molar-refractivity contribution >= 4 is 33.6 Å². The van der Waals surface area contributed by atoms with Crippen LogP contribution in [0.3, 0.4) is 0 Å². The fourth-order valence-corrected chi connectivity index (χ4v) is 13.3. The maximum atomic E-state index is 12.9. The number of hydrogen-bond acceptors (Lipinski definition) is 14. The number of ether oxygens (including phenoxy) is 3. The molecule has 0 aromatic carbocycles. The predicted molar refractivity (Wildman–Crippen MR) is 445 cm³/mol. The van der Waals surface area contributed by atoms with E-state index in [9.17, 15) is 43.5 Å². The van der Waals surface area contributed by atoms with Crippen molar-refractivity contribution in [1.29, 1.82) is 0 Å². The van der Waals surface area contributed by atoms with E-state index in [1.54, 1.807) is 0 Å². The summed E-state index contributed by atoms with van der Waals surface area (Å²) in [6.07, 6.45) is 98.4. The molecule has 18 heteroatoms. The molecule has 16 nitrogen and oxygen atoms in total. The van der Waals surface area contributed by atoms with E-state index in [0.717, 1.165) is 135 Å². The number of aliphatic hydroxyl groups is 2. The number of carbonyl (C=O) groups excluding carboxylic acids is 3. The van der Waals surface area contributed by atoms with Gasteiger partial charge in [0, 0.05) is 19.3 Å². The number of aliphatic hydroxyl groups excluding tert-OH is 2. The molecule has 107 heavy (non-hydrogen) atoms. The van der Waals surface area contributed by atoms with Crippen LogP contribution in [0.25, 0.3) is 0 Å². The molecule has 5 unspecified atom stereocenters. The molecule has 0 rings (SSSR count). The zero-order valence-electron chi connectivity index (χ0n) is 67.8. The van der Waals surface area contributed by atoms with E-state index in [2.05, 4.69) is 142 Å². The highest BCUT2D eigenvalue weighted by molar-refractivity contribution is 7.47. The van der Waals surface area contributed by atoms with Gasteiger partial charge >= 0.3 is 33.6 Å². The first-order valence-electron chi connectivity index (χ1n) is 42.8. The maximum Gasteiger partial charge on any atom is 0.472 e. The van der Waals surface area contributed by atoms with Crippen LogP contribution < -0.4 is 0 Å². The van der Waals surface area contributed by atoms with E-state index in [0.29, 0.717) is 19.3 Å². The smallest absolute Gasteiger partial charge is 0.463 e. The highest BCUT2D eigenvalue weighted by atomic mass is 31.2. The summed E-state index contributed by atoms with van der Waals surface area (Å²) in [6, 6.07) is 0. The van der Waals surface area contributed by atoms with E-state index in [1.807, 2.05) is 0 Å². The third-order valence-electron chi connectivity index (χ3n) is 18.2. The van der Waals surface area contributed by atoms with Crippen LogP contribution in [-0.2, 0) is 55.8 Å². The lowest BCUT2D eigenvalue weighted by molar-refractivity contribution is -0.161. The summed E-state index contributed by atoms with van der Waals surface area (Å²) < 4.78 is 61.2. The Morgan fingerprint density at radius 1 is 0.271 bits per heavy atom. The third-order valence-corrected chi connectivity index (χ3v) is 20.1. The van der Waals surface area contributed by atoms with Crippen molar-refractivity contribution in [3.05, 3.63) is 122 Å². The highest BCUT2D eigenvalue weighted by Gasteiger charge is 2.29. The molecule has 0 radical (unpaired) electrons. The molecule has 0 spiro atoms. The first-order chi connectivity index (χ1) is 52.2. The number of phosphoric acid groups is 2. The minimum atomic E-state index is -4.93. The van der Waals surface area contributed by atoms with Gasteiger partial charge in [-0.1, -0.05) is 361 Å². The number of phosphoric ester groups is 2. The Labute approximate surface area is 653 Å². The van der Waals surface area contributed by atoms with Crippen molar-refractivity contribution < 1.29 is 75.8 Å². The van der Waals surface area contributed by atoms with Gasteiger partial charge in [-0.05, 0) is 109 Å². The van der Waals surface area contributed by atoms with Crippen LogP contribution in [0.15, 0.2) is 122 Å². The van der Waals surface area contributed by atoms with Gasteiger partial charge in [-0.25, -0.2) is 9.13 Å². The molecule has 618 valence electrons. The molecule has 5 atom stereocenters. The average Bonchev–Trinajstić information content (AvgIpc) is 0.910. The minimum absolute atomic E-state index is 0.107. The van der Waals surface area contributed by atoms with Crippen molar-refractivity contribution in [3.63, 3.8) is 0 Å². The van der Waals surface area contributed by atoms with Crippen LogP contribution in [0.5, 0.6) is 0 Å². The quantitative estimate of drug-likeness (QED) is 0.0146. The molecule has 0 aliphatic heterocycles. The van der Waals surface area contributed by atoms with Gasteiger partial charge < -0.3 is 34.2 Å². The second-order valence-electron chi connectivity index (χ2n) is 28.6. The molecule has 0 saturated carbocycles. The molecule has 0 bridgehead atoms. The van der Waals surface area contributed by atoms with Gasteiger partial charge in [-0.3, -0.25) is 32.5 Å². The van der Waals surface area contributed by atoms with E-state index in [-0.39, 0.29) is 19.3 Å². The summed E-state index contributed by atoms with van der Waals surface area (Å²) in [4.78, 5) is 58.7. The Bertz CT molecular complexity index is 2430. The monoisotopic (exact) mass is 1540 g/mol. The number of unbranched alkanes of at least 4 members (excludes halogenated alkanes) is 38. The predicted octanol–water partition coefficient (Wildman–Crippen LogP) is 25.7. The average molecular weight is 1540 g/mol. The third kappa shape index (κ3) is 82.7. The Morgan fingerprint density at radius 3 is 0.785 bits per heavy atom. The van der Waals surface area contributed by atoms with Gasteiger partial charge in [-0.2, -0.15) is 0 Å². The lowest BCUT2D eigenvalue weighted by Gasteiger charge is -2.21. The number of esters is 3. The van der Waals surface area contributed by atoms with E-state index >= 15 is 0 Å². The second kappa shape index (κ2) is 81.4. The van der Waals surface area contributed by atoms with Crippen LogP contribution in [0.2, 0.25) is 0 Å². The second-order valence-corrected chi connectivity index (χ2v) is 31.5. The number of hydrogen-bond donors (Lipinski definition) is 4. The van der Waals surface area contributed by atoms with Crippen molar-refractivity contribution in [1.82, 2.24) is 0 Å². The number of carbonyl (C=O) groups is 3. The van der Waals surface area contributed by atoms with Gasteiger partial charge in [0.2, 0.25) is 0 Å². The van der Waals surface area contributed by atoms with Crippen LogP contribution in [0.4, 0.5) is 0 Å². The molecule has 0 aromatic rings. The Kier molecular flexibility index (Phi) is 78.4. The Balaban J connectivity index is 4.38. The molecule has 0 saturated heterocycles. The Morgan fingerprint density at radius 2 is 0.495 bits per heavy atom. The SMILES string of the molecule is CC/C=C\C/C=C\C/C=C\C/C=C\C/C=C\CCCCCCCCCCCCCCCCCC(=O)OCC(O)COP(=O)(O)OCC(O)COP(=O)(O)OCC(COC(=O)CCCCCCCCCCCCCCC/C=C\C/C=C\C/C=C\C/C=C\C/C=C\CC)OC(=O)CCCCCCCCCCCCC. The van der Waals surface area contributed by atoms with Crippen molar-refractivity contribution in [2.24, 2.45) is 0 Å². The molecule has 0 aliphatic rings. The standard InChI is InChI=1S/C89H156O16P2/c1-4-7-10-13-16-19-22-24-26-28-30-32-34-36-38-40-41-43-45-46-48-50-52-54-56-58-61-63-66-69-72-75-87(92)99-78-84(90)79-101-106(95,96)102-80-85(91)81-103-107(97,98)104-83-86(105-89(94)77-74-71-68-65-60-21-18-15-12-9-6-3)82-100-88(93)76-73-70-67-64-62-59-57-55-53-51-49-47-44-42-39-37-35-33-31-29-27-25-23-20-17-14-11-8-5-2/h7-8,10-11,16-17,19-20,24-27,30-33,36-39,84-86,90-91H,4-6,9,12-15,18,21-23,28-29,34-35,40-83H2,1-3H3,(H,95,96)(H,97,98)/b10-7-,11-8-,19-16-,20-17-,26-24-,27-25-,32-30-,33-31-,38-36-,39-37-. The summed E-state index contributed by atoms with van der Waals surface area (Å²) >= 11 is 0. The van der Waals surface area contributed by atoms with E-state index in [4.69, 9.17) is 32.3 Å². The van der Waals surface area contributed by atoms with Gasteiger partial charge in [0.25, 0.3) is 0 Å². The maximum absolute atomic E-state index is 12.9. The molecule has 0 amide bonds. The molecule has 0 aliphatic carbocycles. The Hall–Kier alpha value is -4.05. The summed E-state index contributed by atoms with van der Waals surface area (Å²) in [5.74, 6) is -1.56. The lowest BCUT2D eigenvalue weighted by Crippen LogP contribution is -2.30. The topological polar surface area (TPSA) is 231 Å². The van der Waals surface area contributed by atoms with Gasteiger partial charge in [-0.15, -0.1) is 0 Å². The first kappa shape index (κ1) is 103. The van der Waals surface area contributed by atoms with Crippen molar-refractivity contribution in [3.8, 4) is 0 Å². The molecular formula is C89H156O16P2. The molecule has 0 aromatic heterocycles. The van der Waals surface area contributed by atoms with Gasteiger partial charge in [0.05, 0.1) is 26.4 Å². The molecule has 0 heterocycles. The van der Waals surface area contributed by atoms with E-state index in [1.165, 1.54) is 173 Å². The van der Waals surface area contributed by atoms with E-state index < -0.39 is 91.5 Å². The molecule has 0 fully saturated rings. The van der Waals surface area contributed by atoms with Crippen LogP contribution in [0, 0.1) is 0 Å². The van der Waals surface area contributed by atoms with Gasteiger partial charge in [0.15, 0.2) is 6.10 Å². The van der Waals surface area contributed by atoms with Crippen molar-refractivity contribution in [2.45, 2.75) is 386 Å². The minimum Gasteiger partial charge on any atom is -0.463 e. The summed E-state index contributed by atoms with van der Waals surface area (Å²) in [6.45, 7) is 2.49. The lowest BCUT2D eigenvalue weighted by atomic mass is 10.0. The summed E-state index contributed by atoms with van der Waals surface area (Å²) in [7, 11) is -9.78. The summed E-state index contributed by atoms with van der Waals surface area (Å²) in [5, 5.41) is 20.7. The fraction of sp³-hybridized carbons (Fsp3) is 0.742. The first-order valence-corrected chi connectivity index (χ1v) is 45.8. The van der Waals surface area contributed by atoms with Crippen LogP contribution in [-0.4, -0.2) is 95.9 Å². The van der Waals surface area contributed by atoms with Gasteiger partial charge in [0.1, 0.15) is 25.4 Å². The van der Waals surface area contributed by atoms with Crippen LogP contribution >= 0.6 is 15.6 Å². The fourth-order valence-electron chi connectivity index (χ4n) is 11.7. The zero-order valence-corrected chi connectivity index (χ0v) is 69.6. The normalized spacial score (nSPS) is 14.5. The number of allylic oxidation sites excluding steroid dienone is 20. The van der Waals surface area contributed by atoms with Crippen LogP contribution in [0.1, 0.15) is 367 Å². The zero-order chi connectivity index (χ0) is 78.0. The highest BCUT2D eigenvalue weighted by Crippen LogP contribution is 2.45. The van der Waals surface area contributed by atoms with Crippen molar-refractivity contribution in [2.75, 3.05) is 39.6 Å².